The van der Waals surface area contributed by atoms with Gasteiger partial charge in [-0.2, -0.15) is 0 Å². The molecular formula is C18H21NO4. The van der Waals surface area contributed by atoms with Gasteiger partial charge < -0.3 is 19.5 Å². The molecule has 2 rings (SSSR count). The number of carbonyl (C=O) groups is 1. The lowest BCUT2D eigenvalue weighted by molar-refractivity contribution is -0.122. The van der Waals surface area contributed by atoms with Crippen LogP contribution in [0.4, 0.5) is 5.69 Å². The second-order valence-electron chi connectivity index (χ2n) is 4.85. The van der Waals surface area contributed by atoms with Crippen molar-refractivity contribution >= 4 is 11.6 Å². The van der Waals surface area contributed by atoms with Crippen LogP contribution in [0.2, 0.25) is 0 Å². The third-order valence-electron chi connectivity index (χ3n) is 3.19. The summed E-state index contributed by atoms with van der Waals surface area (Å²) < 4.78 is 16.2. The number of rotatable bonds is 7. The maximum absolute atomic E-state index is 12.3. The summed E-state index contributed by atoms with van der Waals surface area (Å²) in [5, 5.41) is 2.82. The van der Waals surface area contributed by atoms with Gasteiger partial charge in [0, 0.05) is 0 Å². The van der Waals surface area contributed by atoms with E-state index < -0.39 is 6.10 Å². The van der Waals surface area contributed by atoms with Crippen molar-refractivity contribution in [3.63, 3.8) is 0 Å². The lowest BCUT2D eigenvalue weighted by atomic mass is 10.2. The summed E-state index contributed by atoms with van der Waals surface area (Å²) in [4.78, 5) is 12.3. The van der Waals surface area contributed by atoms with Crippen LogP contribution in [0.25, 0.3) is 0 Å². The van der Waals surface area contributed by atoms with E-state index in [0.717, 1.165) is 5.75 Å². The molecule has 2 aromatic rings. The molecule has 1 unspecified atom stereocenters. The Morgan fingerprint density at radius 1 is 1.09 bits per heavy atom. The molecular weight excluding hydrogens is 294 g/mol. The van der Waals surface area contributed by atoms with Crippen molar-refractivity contribution in [3.05, 3.63) is 48.5 Å². The van der Waals surface area contributed by atoms with Gasteiger partial charge in [-0.15, -0.1) is 0 Å². The fraction of sp³-hybridized carbons (Fsp3) is 0.278. The zero-order valence-corrected chi connectivity index (χ0v) is 13.5. The van der Waals surface area contributed by atoms with Crippen LogP contribution in [0.3, 0.4) is 0 Å². The summed E-state index contributed by atoms with van der Waals surface area (Å²) in [7, 11) is 1.60. The maximum Gasteiger partial charge on any atom is 0.265 e. The lowest BCUT2D eigenvalue weighted by Gasteiger charge is -2.16. The van der Waals surface area contributed by atoms with E-state index in [-0.39, 0.29) is 5.91 Å². The second kappa shape index (κ2) is 8.08. The molecule has 0 bridgehead atoms. The van der Waals surface area contributed by atoms with Crippen molar-refractivity contribution in [2.75, 3.05) is 19.0 Å². The van der Waals surface area contributed by atoms with E-state index in [0.29, 0.717) is 23.8 Å². The first-order valence-electron chi connectivity index (χ1n) is 7.47. The Morgan fingerprint density at radius 3 is 2.39 bits per heavy atom. The number of ether oxygens (including phenoxy) is 3. The molecule has 5 heteroatoms. The molecule has 1 atom stereocenters. The Kier molecular flexibility index (Phi) is 5.86. The van der Waals surface area contributed by atoms with E-state index in [1.807, 2.05) is 25.1 Å². The molecule has 23 heavy (non-hydrogen) atoms. The SMILES string of the molecule is CCOc1ccccc1NC(=O)C(C)Oc1ccc(OC)cc1. The molecule has 0 spiro atoms. The zero-order valence-electron chi connectivity index (χ0n) is 13.5. The van der Waals surface area contributed by atoms with Crippen LogP contribution < -0.4 is 19.5 Å². The molecule has 122 valence electrons. The lowest BCUT2D eigenvalue weighted by Crippen LogP contribution is -2.30. The first-order chi connectivity index (χ1) is 11.1. The Hall–Kier alpha value is -2.69. The molecule has 0 fully saturated rings. The third-order valence-corrected chi connectivity index (χ3v) is 3.19. The minimum atomic E-state index is -0.641. The molecule has 0 aliphatic heterocycles. The molecule has 0 aliphatic rings. The Labute approximate surface area is 136 Å². The highest BCUT2D eigenvalue weighted by Crippen LogP contribution is 2.24. The monoisotopic (exact) mass is 315 g/mol. The number of hydrogen-bond donors (Lipinski definition) is 1. The minimum absolute atomic E-state index is 0.243. The molecule has 0 saturated heterocycles. The summed E-state index contributed by atoms with van der Waals surface area (Å²) in [5.41, 5.74) is 0.629. The molecule has 0 heterocycles. The van der Waals surface area contributed by atoms with Crippen LogP contribution in [0.5, 0.6) is 17.2 Å². The number of nitrogens with one attached hydrogen (secondary N) is 1. The molecule has 5 nitrogen and oxygen atoms in total. The van der Waals surface area contributed by atoms with Gasteiger partial charge in [-0.1, -0.05) is 12.1 Å². The van der Waals surface area contributed by atoms with Gasteiger partial charge in [0.1, 0.15) is 17.2 Å². The number of para-hydroxylation sites is 2. The first-order valence-corrected chi connectivity index (χ1v) is 7.47. The molecule has 0 saturated carbocycles. The van der Waals surface area contributed by atoms with Crippen LogP contribution >= 0.6 is 0 Å². The van der Waals surface area contributed by atoms with E-state index in [1.165, 1.54) is 0 Å². The van der Waals surface area contributed by atoms with E-state index in [1.54, 1.807) is 44.4 Å². The van der Waals surface area contributed by atoms with E-state index in [9.17, 15) is 4.79 Å². The quantitative estimate of drug-likeness (QED) is 0.849. The minimum Gasteiger partial charge on any atom is -0.497 e. The fourth-order valence-electron chi connectivity index (χ4n) is 2.00. The summed E-state index contributed by atoms with van der Waals surface area (Å²) >= 11 is 0. The van der Waals surface area contributed by atoms with Crippen molar-refractivity contribution in [3.8, 4) is 17.2 Å². The first kappa shape index (κ1) is 16.7. The summed E-state index contributed by atoms with van der Waals surface area (Å²) in [6.45, 7) is 4.13. The Morgan fingerprint density at radius 2 is 1.74 bits per heavy atom. The number of methoxy groups -OCH3 is 1. The average molecular weight is 315 g/mol. The van der Waals surface area contributed by atoms with Gasteiger partial charge >= 0.3 is 0 Å². The normalized spacial score (nSPS) is 11.4. The molecule has 0 aromatic heterocycles. The topological polar surface area (TPSA) is 56.8 Å². The van der Waals surface area contributed by atoms with Crippen LogP contribution in [0.1, 0.15) is 13.8 Å². The van der Waals surface area contributed by atoms with Gasteiger partial charge in [-0.25, -0.2) is 0 Å². The highest BCUT2D eigenvalue weighted by atomic mass is 16.5. The summed E-state index contributed by atoms with van der Waals surface area (Å²) in [5.74, 6) is 1.74. The summed E-state index contributed by atoms with van der Waals surface area (Å²) in [6.07, 6.45) is -0.641. The smallest absolute Gasteiger partial charge is 0.265 e. The van der Waals surface area contributed by atoms with Gasteiger partial charge in [0.2, 0.25) is 0 Å². The second-order valence-corrected chi connectivity index (χ2v) is 4.85. The largest absolute Gasteiger partial charge is 0.497 e. The maximum atomic E-state index is 12.3. The van der Waals surface area contributed by atoms with E-state index >= 15 is 0 Å². The van der Waals surface area contributed by atoms with E-state index in [2.05, 4.69) is 5.32 Å². The predicted molar refractivity (Wildman–Crippen MR) is 89.3 cm³/mol. The van der Waals surface area contributed by atoms with Crippen molar-refractivity contribution in [1.29, 1.82) is 0 Å². The standard InChI is InChI=1S/C18H21NO4/c1-4-22-17-8-6-5-7-16(17)19-18(20)13(2)23-15-11-9-14(21-3)10-12-15/h5-13H,4H2,1-3H3,(H,19,20). The van der Waals surface area contributed by atoms with Crippen LogP contribution in [-0.4, -0.2) is 25.7 Å². The number of hydrogen-bond acceptors (Lipinski definition) is 4. The van der Waals surface area contributed by atoms with Crippen molar-refractivity contribution in [1.82, 2.24) is 0 Å². The van der Waals surface area contributed by atoms with Gasteiger partial charge in [-0.05, 0) is 50.2 Å². The fourth-order valence-corrected chi connectivity index (χ4v) is 2.00. The predicted octanol–water partition coefficient (Wildman–Crippen LogP) is 3.50. The van der Waals surface area contributed by atoms with Gasteiger partial charge in [0.05, 0.1) is 19.4 Å². The van der Waals surface area contributed by atoms with E-state index in [4.69, 9.17) is 14.2 Å². The number of anilines is 1. The zero-order chi connectivity index (χ0) is 16.7. The highest BCUT2D eigenvalue weighted by molar-refractivity contribution is 5.95. The number of amides is 1. The van der Waals surface area contributed by atoms with Crippen LogP contribution in [-0.2, 0) is 4.79 Å². The Balaban J connectivity index is 1.99. The van der Waals surface area contributed by atoms with Crippen LogP contribution in [0, 0.1) is 0 Å². The van der Waals surface area contributed by atoms with Gasteiger partial charge in [0.15, 0.2) is 6.10 Å². The molecule has 2 aromatic carbocycles. The van der Waals surface area contributed by atoms with Crippen molar-refractivity contribution in [2.24, 2.45) is 0 Å². The van der Waals surface area contributed by atoms with Gasteiger partial charge in [0.25, 0.3) is 5.91 Å². The number of benzene rings is 2. The molecule has 1 N–H and O–H groups in total. The van der Waals surface area contributed by atoms with Crippen LogP contribution in [0.15, 0.2) is 48.5 Å². The van der Waals surface area contributed by atoms with Crippen molar-refractivity contribution < 1.29 is 19.0 Å². The molecule has 0 aliphatic carbocycles. The highest BCUT2D eigenvalue weighted by Gasteiger charge is 2.16. The summed E-state index contributed by atoms with van der Waals surface area (Å²) in [6, 6.07) is 14.4. The average Bonchev–Trinajstić information content (AvgIpc) is 2.57. The molecule has 0 radical (unpaired) electrons. The number of carbonyl (C=O) groups excluding carboxylic acids is 1. The van der Waals surface area contributed by atoms with Crippen molar-refractivity contribution in [2.45, 2.75) is 20.0 Å². The third kappa shape index (κ3) is 4.64. The molecule has 1 amide bonds. The van der Waals surface area contributed by atoms with Gasteiger partial charge in [-0.3, -0.25) is 4.79 Å². The Bertz CT molecular complexity index is 640.